The second-order valence-electron chi connectivity index (χ2n) is 4.05. The van der Waals surface area contributed by atoms with Crippen molar-refractivity contribution in [1.29, 1.82) is 0 Å². The van der Waals surface area contributed by atoms with Crippen LogP contribution in [0.5, 0.6) is 11.5 Å². The molecule has 6 heteroatoms. The lowest BCUT2D eigenvalue weighted by Gasteiger charge is -1.99. The van der Waals surface area contributed by atoms with Crippen molar-refractivity contribution >= 4 is 23.5 Å². The molecular weight excluding hydrogens is 260 g/mol. The maximum absolute atomic E-state index is 10.5. The molecule has 0 bridgehead atoms. The van der Waals surface area contributed by atoms with Crippen LogP contribution < -0.4 is 0 Å². The summed E-state index contributed by atoms with van der Waals surface area (Å²) in [5, 5.41) is 24.1. The molecule has 2 N–H and O–H groups in total. The maximum Gasteiger partial charge on any atom is 0.157 e. The lowest BCUT2D eigenvalue weighted by Crippen LogP contribution is -1.75. The van der Waals surface area contributed by atoms with Crippen molar-refractivity contribution in [2.24, 2.45) is 10.4 Å². The number of phenolic OH excluding ortho intramolecular Hbond substituents is 2. The van der Waals surface area contributed by atoms with Gasteiger partial charge in [0.05, 0.1) is 0 Å². The SMILES string of the molecule is O=Nc1cc(/C=C/c2ccc(O)c(O)c2)cc(N=O)c1. The Labute approximate surface area is 114 Å². The summed E-state index contributed by atoms with van der Waals surface area (Å²) in [4.78, 5) is 21.0. The van der Waals surface area contributed by atoms with E-state index in [1.165, 1.54) is 30.3 Å². The molecule has 2 rings (SSSR count). The Morgan fingerprint density at radius 1 is 0.750 bits per heavy atom. The van der Waals surface area contributed by atoms with E-state index in [0.717, 1.165) is 0 Å². The van der Waals surface area contributed by atoms with Gasteiger partial charge < -0.3 is 10.2 Å². The standard InChI is InChI=1S/C14H10N2O4/c17-13-4-3-9(7-14(13)18)1-2-10-5-11(15-19)8-12(6-10)16-20/h1-8,17-18H/b2-1+. The Morgan fingerprint density at radius 2 is 1.35 bits per heavy atom. The molecule has 100 valence electrons. The second kappa shape index (κ2) is 5.75. The van der Waals surface area contributed by atoms with Crippen molar-refractivity contribution in [3.63, 3.8) is 0 Å². The fourth-order valence-corrected chi connectivity index (χ4v) is 1.66. The van der Waals surface area contributed by atoms with E-state index in [9.17, 15) is 20.0 Å². The molecule has 20 heavy (non-hydrogen) atoms. The molecule has 6 nitrogen and oxygen atoms in total. The Morgan fingerprint density at radius 3 is 1.90 bits per heavy atom. The van der Waals surface area contributed by atoms with Gasteiger partial charge in [0.15, 0.2) is 11.5 Å². The van der Waals surface area contributed by atoms with Gasteiger partial charge >= 0.3 is 0 Å². The number of nitroso groups, excluding NO2 is 2. The van der Waals surface area contributed by atoms with E-state index in [2.05, 4.69) is 10.4 Å². The van der Waals surface area contributed by atoms with Crippen LogP contribution in [0.4, 0.5) is 11.4 Å². The summed E-state index contributed by atoms with van der Waals surface area (Å²) in [6.07, 6.45) is 3.28. The van der Waals surface area contributed by atoms with Crippen molar-refractivity contribution < 1.29 is 10.2 Å². The minimum atomic E-state index is -0.231. The molecule has 0 saturated heterocycles. The highest BCUT2D eigenvalue weighted by molar-refractivity contribution is 5.74. The van der Waals surface area contributed by atoms with Gasteiger partial charge in [-0.25, -0.2) is 0 Å². The maximum atomic E-state index is 10.5. The summed E-state index contributed by atoms with van der Waals surface area (Å²) < 4.78 is 0. The van der Waals surface area contributed by atoms with E-state index in [-0.39, 0.29) is 22.9 Å². The zero-order valence-corrected chi connectivity index (χ0v) is 10.2. The highest BCUT2D eigenvalue weighted by Crippen LogP contribution is 2.27. The normalized spacial score (nSPS) is 10.6. The minimum absolute atomic E-state index is 0.107. The molecule has 2 aromatic carbocycles. The molecule has 0 unspecified atom stereocenters. The average molecular weight is 270 g/mol. The summed E-state index contributed by atoms with van der Waals surface area (Å²) >= 11 is 0. The van der Waals surface area contributed by atoms with Gasteiger partial charge in [-0.2, -0.15) is 0 Å². The fourth-order valence-electron chi connectivity index (χ4n) is 1.66. The molecule has 0 heterocycles. The number of nitrogens with zero attached hydrogens (tertiary/aromatic N) is 2. The number of rotatable bonds is 4. The molecule has 0 fully saturated rings. The topological polar surface area (TPSA) is 99.3 Å². The van der Waals surface area contributed by atoms with Crippen molar-refractivity contribution in [1.82, 2.24) is 0 Å². The molecule has 0 atom stereocenters. The predicted octanol–water partition coefficient (Wildman–Crippen LogP) is 4.06. The Kier molecular flexibility index (Phi) is 3.85. The van der Waals surface area contributed by atoms with Crippen LogP contribution in [0.2, 0.25) is 0 Å². The van der Waals surface area contributed by atoms with Gasteiger partial charge in [-0.3, -0.25) is 0 Å². The van der Waals surface area contributed by atoms with Crippen LogP contribution >= 0.6 is 0 Å². The van der Waals surface area contributed by atoms with E-state index < -0.39 is 0 Å². The van der Waals surface area contributed by atoms with Gasteiger partial charge in [0.25, 0.3) is 0 Å². The van der Waals surface area contributed by atoms with E-state index in [4.69, 9.17) is 0 Å². The fraction of sp³-hybridized carbons (Fsp3) is 0. The smallest absolute Gasteiger partial charge is 0.157 e. The van der Waals surface area contributed by atoms with E-state index >= 15 is 0 Å². The summed E-state index contributed by atoms with van der Waals surface area (Å²) in [5.74, 6) is -0.438. The molecule has 0 aliphatic rings. The highest BCUT2D eigenvalue weighted by atomic mass is 16.3. The minimum Gasteiger partial charge on any atom is -0.504 e. The first-order valence-electron chi connectivity index (χ1n) is 5.64. The second-order valence-corrected chi connectivity index (χ2v) is 4.05. The molecule has 0 spiro atoms. The Bertz CT molecular complexity index is 669. The van der Waals surface area contributed by atoms with Crippen LogP contribution in [0, 0.1) is 9.81 Å². The van der Waals surface area contributed by atoms with Gasteiger partial charge in [-0.05, 0) is 51.8 Å². The zero-order valence-electron chi connectivity index (χ0n) is 10.2. The number of phenols is 2. The molecule has 0 amide bonds. The van der Waals surface area contributed by atoms with Crippen LogP contribution in [0.25, 0.3) is 12.2 Å². The van der Waals surface area contributed by atoms with Crippen LogP contribution in [-0.2, 0) is 0 Å². The van der Waals surface area contributed by atoms with Crippen molar-refractivity contribution in [3.05, 3.63) is 57.3 Å². The first-order chi connectivity index (χ1) is 9.62. The van der Waals surface area contributed by atoms with E-state index in [0.29, 0.717) is 11.1 Å². The van der Waals surface area contributed by atoms with Crippen LogP contribution in [0.1, 0.15) is 11.1 Å². The highest BCUT2D eigenvalue weighted by Gasteiger charge is 2.01. The number of hydrogen-bond acceptors (Lipinski definition) is 6. The first-order valence-corrected chi connectivity index (χ1v) is 5.64. The quantitative estimate of drug-likeness (QED) is 0.497. The summed E-state index contributed by atoms with van der Waals surface area (Å²) in [7, 11) is 0. The Balaban J connectivity index is 2.32. The third-order valence-corrected chi connectivity index (χ3v) is 2.60. The van der Waals surface area contributed by atoms with Crippen molar-refractivity contribution in [2.75, 3.05) is 0 Å². The predicted molar refractivity (Wildman–Crippen MR) is 76.1 cm³/mol. The van der Waals surface area contributed by atoms with E-state index in [1.54, 1.807) is 18.2 Å². The zero-order chi connectivity index (χ0) is 14.5. The lowest BCUT2D eigenvalue weighted by atomic mass is 10.1. The monoisotopic (exact) mass is 270 g/mol. The lowest BCUT2D eigenvalue weighted by molar-refractivity contribution is 0.403. The summed E-state index contributed by atoms with van der Waals surface area (Å²) in [6, 6.07) is 8.62. The molecule has 0 aliphatic heterocycles. The van der Waals surface area contributed by atoms with Crippen LogP contribution in [0.15, 0.2) is 46.8 Å². The van der Waals surface area contributed by atoms with Gasteiger partial charge in [-0.1, -0.05) is 18.2 Å². The largest absolute Gasteiger partial charge is 0.504 e. The van der Waals surface area contributed by atoms with Crippen molar-refractivity contribution in [3.8, 4) is 11.5 Å². The molecule has 0 aromatic heterocycles. The molecule has 0 saturated carbocycles. The summed E-state index contributed by atoms with van der Waals surface area (Å²) in [6.45, 7) is 0. The first kappa shape index (κ1) is 13.4. The third kappa shape index (κ3) is 3.05. The van der Waals surface area contributed by atoms with Gasteiger partial charge in [-0.15, -0.1) is 9.81 Å². The number of hydrogen-bond donors (Lipinski definition) is 2. The van der Waals surface area contributed by atoms with Crippen LogP contribution in [0.3, 0.4) is 0 Å². The average Bonchev–Trinajstić information content (AvgIpc) is 2.48. The molecular formula is C14H10N2O4. The van der Waals surface area contributed by atoms with Gasteiger partial charge in [0.2, 0.25) is 0 Å². The Hall–Kier alpha value is -3.02. The summed E-state index contributed by atoms with van der Waals surface area (Å²) in [5.41, 5.74) is 1.43. The van der Waals surface area contributed by atoms with Crippen molar-refractivity contribution in [2.45, 2.75) is 0 Å². The number of aromatic hydroxyl groups is 2. The third-order valence-electron chi connectivity index (χ3n) is 2.60. The van der Waals surface area contributed by atoms with Crippen LogP contribution in [-0.4, -0.2) is 10.2 Å². The molecule has 0 aliphatic carbocycles. The van der Waals surface area contributed by atoms with E-state index in [1.807, 2.05) is 0 Å². The number of benzene rings is 2. The van der Waals surface area contributed by atoms with Gasteiger partial charge in [0.1, 0.15) is 11.4 Å². The molecule has 0 radical (unpaired) electrons. The van der Waals surface area contributed by atoms with Gasteiger partial charge in [0, 0.05) is 0 Å². The molecule has 2 aromatic rings.